The molecule has 0 saturated heterocycles. The van der Waals surface area contributed by atoms with Crippen LogP contribution >= 0.6 is 0 Å². The van der Waals surface area contributed by atoms with Gasteiger partial charge in [0.15, 0.2) is 0 Å². The van der Waals surface area contributed by atoms with E-state index in [1.54, 1.807) is 25.2 Å². The van der Waals surface area contributed by atoms with Gasteiger partial charge in [-0.25, -0.2) is 4.39 Å². The number of likely N-dealkylation sites (N-methyl/N-ethyl adjacent to an activating group) is 1. The number of anilines is 1. The number of hydrogen-bond acceptors (Lipinski definition) is 2. The zero-order valence-corrected chi connectivity index (χ0v) is 14.3. The van der Waals surface area contributed by atoms with Gasteiger partial charge in [-0.05, 0) is 43.0 Å². The van der Waals surface area contributed by atoms with Gasteiger partial charge < -0.3 is 10.2 Å². The fourth-order valence-corrected chi connectivity index (χ4v) is 3.00. The second kappa shape index (κ2) is 7.05. The first-order chi connectivity index (χ1) is 12.0. The summed E-state index contributed by atoms with van der Waals surface area (Å²) in [5.41, 5.74) is 2.39. The topological polar surface area (TPSA) is 49.4 Å². The third kappa shape index (κ3) is 4.05. The molecule has 1 saturated carbocycles. The number of rotatable bonds is 5. The van der Waals surface area contributed by atoms with E-state index in [9.17, 15) is 14.0 Å². The molecule has 1 aliphatic carbocycles. The van der Waals surface area contributed by atoms with Crippen molar-refractivity contribution in [2.75, 3.05) is 18.9 Å². The molecule has 130 valence electrons. The molecular formula is C20H21FN2O2. The lowest BCUT2D eigenvalue weighted by molar-refractivity contribution is -0.134. The van der Waals surface area contributed by atoms with E-state index in [0.29, 0.717) is 17.7 Å². The molecule has 3 rings (SSSR count). The predicted octanol–water partition coefficient (Wildman–Crippen LogP) is 3.33. The first-order valence-electron chi connectivity index (χ1n) is 8.31. The lowest BCUT2D eigenvalue weighted by atomic mass is 10.1. The first kappa shape index (κ1) is 17.1. The maximum absolute atomic E-state index is 13.8. The third-order valence-corrected chi connectivity index (χ3v) is 4.50. The van der Waals surface area contributed by atoms with Crippen molar-refractivity contribution in [3.05, 3.63) is 65.5 Å². The largest absolute Gasteiger partial charge is 0.336 e. The molecule has 0 aliphatic heterocycles. The molecule has 2 amide bonds. The van der Waals surface area contributed by atoms with Crippen molar-refractivity contribution in [2.24, 2.45) is 5.92 Å². The maximum Gasteiger partial charge on any atom is 0.243 e. The summed E-state index contributed by atoms with van der Waals surface area (Å²) in [5.74, 6) is -0.969. The number of carbonyl (C=O) groups excluding carboxylic acids is 2. The molecule has 0 aromatic heterocycles. The van der Waals surface area contributed by atoms with Crippen LogP contribution in [0.1, 0.15) is 23.5 Å². The van der Waals surface area contributed by atoms with Crippen LogP contribution < -0.4 is 5.32 Å². The Morgan fingerprint density at radius 1 is 1.16 bits per heavy atom. The highest BCUT2D eigenvalue weighted by atomic mass is 19.1. The van der Waals surface area contributed by atoms with Gasteiger partial charge in [0.05, 0.1) is 6.54 Å². The molecule has 0 spiro atoms. The Balaban J connectivity index is 1.54. The molecule has 0 heterocycles. The van der Waals surface area contributed by atoms with E-state index in [1.807, 2.05) is 31.2 Å². The minimum Gasteiger partial charge on any atom is -0.336 e. The molecule has 25 heavy (non-hydrogen) atoms. The molecule has 1 fully saturated rings. The lowest BCUT2D eigenvalue weighted by Crippen LogP contribution is -2.36. The van der Waals surface area contributed by atoms with Gasteiger partial charge in [-0.3, -0.25) is 9.59 Å². The zero-order chi connectivity index (χ0) is 18.0. The molecule has 0 bridgehead atoms. The van der Waals surface area contributed by atoms with Crippen LogP contribution in [0.3, 0.4) is 0 Å². The van der Waals surface area contributed by atoms with Crippen LogP contribution in [-0.2, 0) is 9.59 Å². The molecular weight excluding hydrogens is 319 g/mol. The van der Waals surface area contributed by atoms with Crippen LogP contribution in [0.25, 0.3) is 0 Å². The molecule has 1 N–H and O–H groups in total. The van der Waals surface area contributed by atoms with Crippen LogP contribution in [0.5, 0.6) is 0 Å². The highest BCUT2D eigenvalue weighted by molar-refractivity contribution is 5.95. The van der Waals surface area contributed by atoms with Gasteiger partial charge in [-0.1, -0.05) is 35.9 Å². The summed E-state index contributed by atoms with van der Waals surface area (Å²) >= 11 is 0. The Labute approximate surface area is 146 Å². The number of benzene rings is 2. The Hall–Kier alpha value is -2.69. The fraction of sp³-hybridized carbons (Fsp3) is 0.300. The van der Waals surface area contributed by atoms with Crippen LogP contribution in [0.15, 0.2) is 48.5 Å². The quantitative estimate of drug-likeness (QED) is 0.907. The SMILES string of the molecule is Cc1ccc(NC(=O)CN(C)C(=O)C2CC2c2ccccc2F)cc1. The van der Waals surface area contributed by atoms with Crippen molar-refractivity contribution >= 4 is 17.5 Å². The number of halogens is 1. The highest BCUT2D eigenvalue weighted by Crippen LogP contribution is 2.49. The van der Waals surface area contributed by atoms with Gasteiger partial charge in [-0.15, -0.1) is 0 Å². The number of nitrogens with zero attached hydrogens (tertiary/aromatic N) is 1. The van der Waals surface area contributed by atoms with E-state index in [4.69, 9.17) is 0 Å². The van der Waals surface area contributed by atoms with Gasteiger partial charge in [-0.2, -0.15) is 0 Å². The van der Waals surface area contributed by atoms with Gasteiger partial charge in [0.25, 0.3) is 0 Å². The summed E-state index contributed by atoms with van der Waals surface area (Å²) in [7, 11) is 1.60. The monoisotopic (exact) mass is 340 g/mol. The summed E-state index contributed by atoms with van der Waals surface area (Å²) in [5, 5.41) is 2.77. The van der Waals surface area contributed by atoms with Crippen LogP contribution in [0.4, 0.5) is 10.1 Å². The Bertz CT molecular complexity index is 789. The Morgan fingerprint density at radius 3 is 2.52 bits per heavy atom. The smallest absolute Gasteiger partial charge is 0.243 e. The summed E-state index contributed by atoms with van der Waals surface area (Å²) in [4.78, 5) is 26.0. The average Bonchev–Trinajstić information content (AvgIpc) is 3.37. The van der Waals surface area contributed by atoms with Crippen molar-refractivity contribution in [3.63, 3.8) is 0 Å². The average molecular weight is 340 g/mol. The molecule has 1 aliphatic rings. The van der Waals surface area contributed by atoms with E-state index in [-0.39, 0.29) is 36.0 Å². The van der Waals surface area contributed by atoms with Crippen LogP contribution in [0.2, 0.25) is 0 Å². The number of carbonyl (C=O) groups is 2. The molecule has 2 unspecified atom stereocenters. The number of aryl methyl sites for hydroxylation is 1. The normalized spacial score (nSPS) is 18.5. The molecule has 5 heteroatoms. The molecule has 4 nitrogen and oxygen atoms in total. The summed E-state index contributed by atoms with van der Waals surface area (Å²) < 4.78 is 13.8. The Morgan fingerprint density at radius 2 is 1.84 bits per heavy atom. The molecule has 2 atom stereocenters. The standard InChI is InChI=1S/C20H21FN2O2/c1-13-7-9-14(10-8-13)22-19(24)12-23(2)20(25)17-11-16(17)15-5-3-4-6-18(15)21/h3-10,16-17H,11-12H2,1-2H3,(H,22,24). The van der Waals surface area contributed by atoms with Gasteiger partial charge >= 0.3 is 0 Å². The first-order valence-corrected chi connectivity index (χ1v) is 8.31. The van der Waals surface area contributed by atoms with E-state index >= 15 is 0 Å². The third-order valence-electron chi connectivity index (χ3n) is 4.50. The second-order valence-electron chi connectivity index (χ2n) is 6.58. The minimum absolute atomic E-state index is 0.0206. The van der Waals surface area contributed by atoms with Gasteiger partial charge in [0.2, 0.25) is 11.8 Å². The van der Waals surface area contributed by atoms with E-state index < -0.39 is 0 Å². The van der Waals surface area contributed by atoms with E-state index in [2.05, 4.69) is 5.32 Å². The molecule has 2 aromatic rings. The van der Waals surface area contributed by atoms with Gasteiger partial charge in [0.1, 0.15) is 5.82 Å². The molecule has 0 radical (unpaired) electrons. The number of hydrogen-bond donors (Lipinski definition) is 1. The van der Waals surface area contributed by atoms with Crippen molar-refractivity contribution in [1.29, 1.82) is 0 Å². The highest BCUT2D eigenvalue weighted by Gasteiger charge is 2.46. The van der Waals surface area contributed by atoms with Crippen molar-refractivity contribution < 1.29 is 14.0 Å². The van der Waals surface area contributed by atoms with Crippen molar-refractivity contribution in [3.8, 4) is 0 Å². The number of amides is 2. The lowest BCUT2D eigenvalue weighted by Gasteiger charge is -2.17. The zero-order valence-electron chi connectivity index (χ0n) is 14.3. The summed E-state index contributed by atoms with van der Waals surface area (Å²) in [6.07, 6.45) is 0.629. The second-order valence-corrected chi connectivity index (χ2v) is 6.58. The minimum atomic E-state index is -0.275. The van der Waals surface area contributed by atoms with Gasteiger partial charge in [0, 0.05) is 18.7 Å². The number of nitrogens with one attached hydrogen (secondary N) is 1. The summed E-state index contributed by atoms with van der Waals surface area (Å²) in [6, 6.07) is 14.0. The molecule has 2 aromatic carbocycles. The van der Waals surface area contributed by atoms with E-state index in [1.165, 1.54) is 11.0 Å². The van der Waals surface area contributed by atoms with Crippen molar-refractivity contribution in [1.82, 2.24) is 4.90 Å². The Kier molecular flexibility index (Phi) is 4.83. The van der Waals surface area contributed by atoms with Crippen LogP contribution in [0, 0.1) is 18.7 Å². The summed E-state index contributed by atoms with van der Waals surface area (Å²) in [6.45, 7) is 1.95. The van der Waals surface area contributed by atoms with Crippen LogP contribution in [-0.4, -0.2) is 30.3 Å². The fourth-order valence-electron chi connectivity index (χ4n) is 3.00. The van der Waals surface area contributed by atoms with Crippen molar-refractivity contribution in [2.45, 2.75) is 19.3 Å². The predicted molar refractivity (Wildman–Crippen MR) is 94.7 cm³/mol. The van der Waals surface area contributed by atoms with E-state index in [0.717, 1.165) is 5.56 Å². The maximum atomic E-state index is 13.8.